The zero-order valence-corrected chi connectivity index (χ0v) is 12.0. The molecule has 0 aliphatic carbocycles. The summed E-state index contributed by atoms with van der Waals surface area (Å²) in [5.41, 5.74) is 7.57. The maximum atomic E-state index is 11.5. The molecule has 3 N–H and O–H groups in total. The fraction of sp³-hybridized carbons (Fsp3) is 0.333. The lowest BCUT2D eigenvalue weighted by Crippen LogP contribution is -2.47. The highest BCUT2D eigenvalue weighted by Crippen LogP contribution is 2.19. The number of nitrogens with one attached hydrogen (secondary N) is 1. The first-order valence-corrected chi connectivity index (χ1v) is 7.05. The number of nitrogens with two attached hydrogens (primary N) is 1. The van der Waals surface area contributed by atoms with Crippen LogP contribution < -0.4 is 21.1 Å². The van der Waals surface area contributed by atoms with Gasteiger partial charge in [0.25, 0.3) is 5.56 Å². The van der Waals surface area contributed by atoms with Crippen LogP contribution in [0.15, 0.2) is 35.1 Å². The van der Waals surface area contributed by atoms with E-state index in [1.807, 2.05) is 24.3 Å². The second-order valence-electron chi connectivity index (χ2n) is 5.25. The number of aromatic amines is 1. The fourth-order valence-corrected chi connectivity index (χ4v) is 2.60. The topological polar surface area (TPSA) is 78.2 Å². The Labute approximate surface area is 123 Å². The first-order chi connectivity index (χ1) is 10.1. The SMILES string of the molecule is Cc1nc(N2CCN(c3ccc(N)cc3)CC2)cc(=O)[nH]1. The lowest BCUT2D eigenvalue weighted by atomic mass is 10.2. The Morgan fingerprint density at radius 1 is 1.10 bits per heavy atom. The maximum absolute atomic E-state index is 11.5. The first-order valence-electron chi connectivity index (χ1n) is 7.05. The molecule has 2 heterocycles. The van der Waals surface area contributed by atoms with Gasteiger partial charge in [-0.1, -0.05) is 0 Å². The standard InChI is InChI=1S/C15H19N5O/c1-11-17-14(10-15(21)18-11)20-8-6-19(7-9-20)13-4-2-12(16)3-5-13/h2-5,10H,6-9,16H2,1H3,(H,17,18,21). The zero-order chi connectivity index (χ0) is 14.8. The monoisotopic (exact) mass is 285 g/mol. The molecule has 1 aromatic carbocycles. The Kier molecular flexibility index (Phi) is 3.51. The Bertz CT molecular complexity index is 671. The summed E-state index contributed by atoms with van der Waals surface area (Å²) in [6.45, 7) is 5.30. The highest BCUT2D eigenvalue weighted by atomic mass is 16.1. The fourth-order valence-electron chi connectivity index (χ4n) is 2.60. The van der Waals surface area contributed by atoms with Crippen LogP contribution in [0.1, 0.15) is 5.82 Å². The molecule has 110 valence electrons. The summed E-state index contributed by atoms with van der Waals surface area (Å²) in [6, 6.07) is 9.49. The predicted molar refractivity (Wildman–Crippen MR) is 84.9 cm³/mol. The summed E-state index contributed by atoms with van der Waals surface area (Å²) >= 11 is 0. The third kappa shape index (κ3) is 2.99. The van der Waals surface area contributed by atoms with Gasteiger partial charge in [-0.3, -0.25) is 4.79 Å². The van der Waals surface area contributed by atoms with Gasteiger partial charge in [-0.2, -0.15) is 0 Å². The molecular formula is C15H19N5O. The van der Waals surface area contributed by atoms with Gasteiger partial charge in [0.05, 0.1) is 0 Å². The van der Waals surface area contributed by atoms with E-state index in [0.717, 1.165) is 37.7 Å². The molecule has 1 aromatic heterocycles. The number of rotatable bonds is 2. The second-order valence-corrected chi connectivity index (χ2v) is 5.25. The van der Waals surface area contributed by atoms with E-state index in [0.29, 0.717) is 5.82 Å². The Morgan fingerprint density at radius 2 is 1.71 bits per heavy atom. The van der Waals surface area contributed by atoms with Crippen molar-refractivity contribution in [2.24, 2.45) is 0 Å². The van der Waals surface area contributed by atoms with Gasteiger partial charge in [0, 0.05) is 43.6 Å². The number of aryl methyl sites for hydroxylation is 1. The van der Waals surface area contributed by atoms with Crippen LogP contribution >= 0.6 is 0 Å². The molecular weight excluding hydrogens is 266 g/mol. The molecule has 0 bridgehead atoms. The first kappa shape index (κ1) is 13.5. The maximum Gasteiger partial charge on any atom is 0.252 e. The molecule has 0 unspecified atom stereocenters. The summed E-state index contributed by atoms with van der Waals surface area (Å²) < 4.78 is 0. The van der Waals surface area contributed by atoms with Crippen molar-refractivity contribution in [1.29, 1.82) is 0 Å². The van der Waals surface area contributed by atoms with Gasteiger partial charge in [-0.05, 0) is 31.2 Å². The number of H-pyrrole nitrogens is 1. The minimum absolute atomic E-state index is 0.0986. The van der Waals surface area contributed by atoms with Crippen LogP contribution in [0.5, 0.6) is 0 Å². The number of anilines is 3. The van der Waals surface area contributed by atoms with Crippen molar-refractivity contribution in [3.05, 3.63) is 46.5 Å². The van der Waals surface area contributed by atoms with E-state index in [9.17, 15) is 4.79 Å². The van der Waals surface area contributed by atoms with Gasteiger partial charge in [-0.15, -0.1) is 0 Å². The average Bonchev–Trinajstić information content (AvgIpc) is 2.47. The Hall–Kier alpha value is -2.50. The average molecular weight is 285 g/mol. The van der Waals surface area contributed by atoms with Crippen molar-refractivity contribution < 1.29 is 0 Å². The van der Waals surface area contributed by atoms with E-state index in [1.54, 1.807) is 13.0 Å². The molecule has 1 saturated heterocycles. The van der Waals surface area contributed by atoms with E-state index in [1.165, 1.54) is 5.69 Å². The van der Waals surface area contributed by atoms with Gasteiger partial charge >= 0.3 is 0 Å². The van der Waals surface area contributed by atoms with E-state index in [-0.39, 0.29) is 5.56 Å². The number of benzene rings is 1. The van der Waals surface area contributed by atoms with Crippen LogP contribution in [0, 0.1) is 6.92 Å². The normalized spacial score (nSPS) is 15.3. The predicted octanol–water partition coefficient (Wildman–Crippen LogP) is 0.987. The number of hydrogen-bond donors (Lipinski definition) is 2. The van der Waals surface area contributed by atoms with Crippen LogP contribution in [0.2, 0.25) is 0 Å². The summed E-state index contributed by atoms with van der Waals surface area (Å²) in [4.78, 5) is 23.1. The molecule has 6 nitrogen and oxygen atoms in total. The zero-order valence-electron chi connectivity index (χ0n) is 12.0. The van der Waals surface area contributed by atoms with Crippen LogP contribution in [-0.2, 0) is 0 Å². The molecule has 1 aliphatic heterocycles. The Balaban J connectivity index is 1.70. The molecule has 2 aromatic rings. The number of nitrogens with zero attached hydrogens (tertiary/aromatic N) is 3. The molecule has 21 heavy (non-hydrogen) atoms. The van der Waals surface area contributed by atoms with Crippen molar-refractivity contribution in [2.45, 2.75) is 6.92 Å². The summed E-state index contributed by atoms with van der Waals surface area (Å²) in [7, 11) is 0. The molecule has 1 fully saturated rings. The van der Waals surface area contributed by atoms with E-state index >= 15 is 0 Å². The molecule has 0 radical (unpaired) electrons. The quantitative estimate of drug-likeness (QED) is 0.804. The third-order valence-electron chi connectivity index (χ3n) is 3.71. The molecule has 0 atom stereocenters. The van der Waals surface area contributed by atoms with Crippen molar-refractivity contribution >= 4 is 17.2 Å². The summed E-state index contributed by atoms with van der Waals surface area (Å²) in [5.74, 6) is 1.41. The van der Waals surface area contributed by atoms with E-state index in [2.05, 4.69) is 19.8 Å². The number of aromatic nitrogens is 2. The molecule has 3 rings (SSSR count). The second kappa shape index (κ2) is 5.47. The number of hydrogen-bond acceptors (Lipinski definition) is 5. The third-order valence-corrected chi connectivity index (χ3v) is 3.71. The minimum Gasteiger partial charge on any atom is -0.399 e. The van der Waals surface area contributed by atoms with Gasteiger partial charge in [-0.25, -0.2) is 4.98 Å². The highest BCUT2D eigenvalue weighted by Gasteiger charge is 2.18. The largest absolute Gasteiger partial charge is 0.399 e. The molecule has 6 heteroatoms. The van der Waals surface area contributed by atoms with Crippen molar-refractivity contribution in [3.63, 3.8) is 0 Å². The van der Waals surface area contributed by atoms with Crippen molar-refractivity contribution in [1.82, 2.24) is 9.97 Å². The van der Waals surface area contributed by atoms with Crippen LogP contribution in [0.4, 0.5) is 17.2 Å². The molecule has 0 saturated carbocycles. The lowest BCUT2D eigenvalue weighted by Gasteiger charge is -2.36. The van der Waals surface area contributed by atoms with E-state index in [4.69, 9.17) is 5.73 Å². The van der Waals surface area contributed by atoms with Gasteiger partial charge in [0.2, 0.25) is 0 Å². The minimum atomic E-state index is -0.0986. The van der Waals surface area contributed by atoms with Crippen molar-refractivity contribution in [2.75, 3.05) is 41.7 Å². The van der Waals surface area contributed by atoms with Gasteiger partial charge in [0.1, 0.15) is 11.6 Å². The smallest absolute Gasteiger partial charge is 0.252 e. The lowest BCUT2D eigenvalue weighted by molar-refractivity contribution is 0.645. The molecule has 0 spiro atoms. The number of nitrogen functional groups attached to an aromatic ring is 1. The van der Waals surface area contributed by atoms with E-state index < -0.39 is 0 Å². The molecule has 0 amide bonds. The Morgan fingerprint density at radius 3 is 2.33 bits per heavy atom. The number of piperazine rings is 1. The van der Waals surface area contributed by atoms with Gasteiger partial charge < -0.3 is 20.5 Å². The summed E-state index contributed by atoms with van der Waals surface area (Å²) in [6.07, 6.45) is 0. The highest BCUT2D eigenvalue weighted by molar-refractivity contribution is 5.54. The van der Waals surface area contributed by atoms with Crippen LogP contribution in [-0.4, -0.2) is 36.1 Å². The van der Waals surface area contributed by atoms with Crippen molar-refractivity contribution in [3.8, 4) is 0 Å². The van der Waals surface area contributed by atoms with Crippen LogP contribution in [0.25, 0.3) is 0 Å². The molecule has 1 aliphatic rings. The van der Waals surface area contributed by atoms with Crippen LogP contribution in [0.3, 0.4) is 0 Å². The summed E-state index contributed by atoms with van der Waals surface area (Å²) in [5, 5.41) is 0. The van der Waals surface area contributed by atoms with Gasteiger partial charge in [0.15, 0.2) is 0 Å².